The Hall–Kier alpha value is -2.63. The minimum absolute atomic E-state index is 0.0888. The maximum absolute atomic E-state index is 14.0. The molecule has 0 saturated heterocycles. The lowest BCUT2D eigenvalue weighted by Crippen LogP contribution is -2.42. The molecule has 2 N–H and O–H groups in total. The molecule has 106 valence electrons. The smallest absolute Gasteiger partial charge is 0.283 e. The lowest BCUT2D eigenvalue weighted by atomic mass is 9.80. The van der Waals surface area contributed by atoms with Gasteiger partial charge in [0.25, 0.3) is 12.0 Å². The Balaban J connectivity index is 2.02. The van der Waals surface area contributed by atoms with Gasteiger partial charge in [-0.3, -0.25) is 0 Å². The highest BCUT2D eigenvalue weighted by molar-refractivity contribution is 5.74. The third-order valence-electron chi connectivity index (χ3n) is 3.84. The Bertz CT molecular complexity index is 762. The lowest BCUT2D eigenvalue weighted by molar-refractivity contribution is 0.0623. The van der Waals surface area contributed by atoms with Crippen molar-refractivity contribution in [2.24, 2.45) is 10.7 Å². The lowest BCUT2D eigenvalue weighted by Gasteiger charge is -2.41. The number of para-hydroxylation sites is 1. The van der Waals surface area contributed by atoms with Gasteiger partial charge in [0.2, 0.25) is 0 Å². The molecule has 2 aromatic rings. The fourth-order valence-electron chi connectivity index (χ4n) is 2.95. The van der Waals surface area contributed by atoms with Gasteiger partial charge in [-0.15, -0.1) is 0 Å². The number of benzene rings is 1. The van der Waals surface area contributed by atoms with E-state index in [0.717, 1.165) is 5.56 Å². The summed E-state index contributed by atoms with van der Waals surface area (Å²) < 4.78 is 25.6. The van der Waals surface area contributed by atoms with E-state index in [0.29, 0.717) is 24.3 Å². The monoisotopic (exact) mass is 285 g/mol. The van der Waals surface area contributed by atoms with E-state index in [9.17, 15) is 4.39 Å². The van der Waals surface area contributed by atoms with Crippen molar-refractivity contribution < 1.29 is 13.9 Å². The van der Waals surface area contributed by atoms with Gasteiger partial charge in [0.15, 0.2) is 11.4 Å². The minimum Gasteiger partial charge on any atom is -0.452 e. The topological polar surface area (TPSA) is 69.7 Å². The fourth-order valence-corrected chi connectivity index (χ4v) is 2.95. The molecule has 2 aliphatic heterocycles. The first-order valence-electron chi connectivity index (χ1n) is 6.62. The molecule has 2 aliphatic rings. The Labute approximate surface area is 120 Å². The standard InChI is InChI=1S/C15H12FN3O2/c16-13-12-10(5-7-18-13)15(6-8-19-14(17)21-15)9-3-1-2-4-11(9)20-12/h1-5,7H,6,8H2,(H2,17,19). The summed E-state index contributed by atoms with van der Waals surface area (Å²) in [4.78, 5) is 7.72. The number of halogens is 1. The van der Waals surface area contributed by atoms with Crippen LogP contribution in [0.4, 0.5) is 4.39 Å². The molecule has 0 fully saturated rings. The third-order valence-corrected chi connectivity index (χ3v) is 3.84. The summed E-state index contributed by atoms with van der Waals surface area (Å²) in [6.07, 6.45) is 1.96. The molecule has 0 radical (unpaired) electrons. The predicted molar refractivity (Wildman–Crippen MR) is 73.7 cm³/mol. The van der Waals surface area contributed by atoms with E-state index < -0.39 is 11.5 Å². The van der Waals surface area contributed by atoms with Crippen LogP contribution in [0.15, 0.2) is 41.5 Å². The van der Waals surface area contributed by atoms with Crippen LogP contribution in [0, 0.1) is 5.95 Å². The van der Waals surface area contributed by atoms with E-state index in [1.54, 1.807) is 12.1 Å². The second kappa shape index (κ2) is 4.18. The van der Waals surface area contributed by atoms with E-state index in [1.807, 2.05) is 18.2 Å². The molecule has 1 aromatic heterocycles. The third kappa shape index (κ3) is 1.62. The molecular formula is C15H12FN3O2. The molecule has 4 rings (SSSR count). The number of nitrogens with zero attached hydrogens (tertiary/aromatic N) is 2. The number of ether oxygens (including phenoxy) is 2. The van der Waals surface area contributed by atoms with Crippen LogP contribution in [-0.4, -0.2) is 17.6 Å². The van der Waals surface area contributed by atoms with Crippen molar-refractivity contribution in [3.63, 3.8) is 0 Å². The first-order valence-corrected chi connectivity index (χ1v) is 6.62. The molecule has 1 spiro atoms. The summed E-state index contributed by atoms with van der Waals surface area (Å²) in [6.45, 7) is 0.504. The highest BCUT2D eigenvalue weighted by Crippen LogP contribution is 2.51. The van der Waals surface area contributed by atoms with Crippen molar-refractivity contribution in [1.82, 2.24) is 4.98 Å². The first kappa shape index (κ1) is 12.1. The van der Waals surface area contributed by atoms with Crippen LogP contribution in [0.1, 0.15) is 17.5 Å². The zero-order chi connectivity index (χ0) is 14.4. The normalized spacial score (nSPS) is 22.6. The maximum Gasteiger partial charge on any atom is 0.283 e. The van der Waals surface area contributed by atoms with Crippen molar-refractivity contribution in [2.75, 3.05) is 6.54 Å². The van der Waals surface area contributed by atoms with Gasteiger partial charge in [0, 0.05) is 30.3 Å². The summed E-state index contributed by atoms with van der Waals surface area (Å²) >= 11 is 0. The second-order valence-corrected chi connectivity index (χ2v) is 4.98. The zero-order valence-electron chi connectivity index (χ0n) is 11.0. The van der Waals surface area contributed by atoms with Crippen LogP contribution in [0.3, 0.4) is 0 Å². The molecule has 0 aliphatic carbocycles. The predicted octanol–water partition coefficient (Wildman–Crippen LogP) is 2.31. The molecule has 0 amide bonds. The molecular weight excluding hydrogens is 273 g/mol. The summed E-state index contributed by atoms with van der Waals surface area (Å²) in [5.74, 6) is -0.0245. The summed E-state index contributed by atoms with van der Waals surface area (Å²) in [6, 6.07) is 9.19. The van der Waals surface area contributed by atoms with Gasteiger partial charge in [0.05, 0.1) is 0 Å². The SMILES string of the molecule is NC1=NCCC2(O1)c1ccccc1Oc1c2ccnc1F. The second-order valence-electron chi connectivity index (χ2n) is 4.98. The maximum atomic E-state index is 14.0. The average Bonchev–Trinajstić information content (AvgIpc) is 2.49. The number of amidine groups is 1. The van der Waals surface area contributed by atoms with Crippen molar-refractivity contribution >= 4 is 6.02 Å². The molecule has 1 unspecified atom stereocenters. The van der Waals surface area contributed by atoms with Crippen molar-refractivity contribution in [1.29, 1.82) is 0 Å². The van der Waals surface area contributed by atoms with Crippen LogP contribution >= 0.6 is 0 Å². The molecule has 6 heteroatoms. The number of fused-ring (bicyclic) bond motifs is 4. The highest BCUT2D eigenvalue weighted by atomic mass is 19.1. The van der Waals surface area contributed by atoms with E-state index in [4.69, 9.17) is 15.2 Å². The van der Waals surface area contributed by atoms with Gasteiger partial charge in [-0.25, -0.2) is 9.98 Å². The highest BCUT2D eigenvalue weighted by Gasteiger charge is 2.47. The van der Waals surface area contributed by atoms with Gasteiger partial charge in [-0.05, 0) is 12.1 Å². The van der Waals surface area contributed by atoms with Crippen molar-refractivity contribution in [3.05, 3.63) is 53.6 Å². The van der Waals surface area contributed by atoms with Gasteiger partial charge < -0.3 is 15.2 Å². The molecule has 0 saturated carbocycles. The Morgan fingerprint density at radius 2 is 2.05 bits per heavy atom. The quantitative estimate of drug-likeness (QED) is 0.754. The summed E-state index contributed by atoms with van der Waals surface area (Å²) in [5, 5.41) is 0. The van der Waals surface area contributed by atoms with Crippen LogP contribution in [0.5, 0.6) is 11.5 Å². The van der Waals surface area contributed by atoms with Gasteiger partial charge in [-0.2, -0.15) is 4.39 Å². The largest absolute Gasteiger partial charge is 0.452 e. The Kier molecular flexibility index (Phi) is 2.42. The number of aliphatic imine (C=N–C) groups is 1. The summed E-state index contributed by atoms with van der Waals surface area (Å²) in [5.41, 5.74) is 6.30. The van der Waals surface area contributed by atoms with Crippen LogP contribution in [-0.2, 0) is 10.3 Å². The van der Waals surface area contributed by atoms with E-state index >= 15 is 0 Å². The minimum atomic E-state index is -0.875. The van der Waals surface area contributed by atoms with Gasteiger partial charge in [-0.1, -0.05) is 18.2 Å². The van der Waals surface area contributed by atoms with Crippen molar-refractivity contribution in [2.45, 2.75) is 12.0 Å². The number of hydrogen-bond donors (Lipinski definition) is 1. The van der Waals surface area contributed by atoms with Crippen LogP contribution in [0.25, 0.3) is 0 Å². The Morgan fingerprint density at radius 1 is 1.19 bits per heavy atom. The number of pyridine rings is 1. The molecule has 21 heavy (non-hydrogen) atoms. The fraction of sp³-hybridized carbons (Fsp3) is 0.200. The zero-order valence-corrected chi connectivity index (χ0v) is 11.0. The van der Waals surface area contributed by atoms with Crippen molar-refractivity contribution in [3.8, 4) is 11.5 Å². The molecule has 5 nitrogen and oxygen atoms in total. The van der Waals surface area contributed by atoms with E-state index in [2.05, 4.69) is 9.98 Å². The molecule has 1 aromatic carbocycles. The molecule has 0 bridgehead atoms. The van der Waals surface area contributed by atoms with E-state index in [1.165, 1.54) is 6.20 Å². The molecule has 3 heterocycles. The van der Waals surface area contributed by atoms with Gasteiger partial charge in [0.1, 0.15) is 5.75 Å². The number of rotatable bonds is 0. The first-order chi connectivity index (χ1) is 10.2. The number of aromatic nitrogens is 1. The Morgan fingerprint density at radius 3 is 2.90 bits per heavy atom. The average molecular weight is 285 g/mol. The summed E-state index contributed by atoms with van der Waals surface area (Å²) in [7, 11) is 0. The van der Waals surface area contributed by atoms with E-state index in [-0.39, 0.29) is 11.8 Å². The van der Waals surface area contributed by atoms with Crippen LogP contribution in [0.2, 0.25) is 0 Å². The molecule has 1 atom stereocenters. The van der Waals surface area contributed by atoms with Crippen LogP contribution < -0.4 is 10.5 Å². The number of hydrogen-bond acceptors (Lipinski definition) is 5. The number of nitrogens with two attached hydrogens (primary N) is 1. The van der Waals surface area contributed by atoms with Gasteiger partial charge >= 0.3 is 0 Å².